The number of aromatic hydroxyl groups is 1. The van der Waals surface area contributed by atoms with Gasteiger partial charge >= 0.3 is 5.97 Å². The molecule has 0 amide bonds. The number of halogens is 1. The second-order valence-electron chi connectivity index (χ2n) is 7.96. The molecule has 0 saturated carbocycles. The van der Waals surface area contributed by atoms with Gasteiger partial charge in [0.25, 0.3) is 5.56 Å². The van der Waals surface area contributed by atoms with Crippen LogP contribution < -0.4 is 29.1 Å². The van der Waals surface area contributed by atoms with E-state index >= 15 is 0 Å². The molecule has 1 N–H and O–H groups in total. The summed E-state index contributed by atoms with van der Waals surface area (Å²) in [6, 6.07) is 7.57. The van der Waals surface area contributed by atoms with E-state index in [1.165, 1.54) is 43.3 Å². The largest absolute Gasteiger partial charge is 0.504 e. The van der Waals surface area contributed by atoms with E-state index in [4.69, 9.17) is 18.9 Å². The number of esters is 1. The number of allylic oxidation sites excluding steroid dienone is 1. The molecule has 0 fully saturated rings. The molecule has 0 unspecified atom stereocenters. The van der Waals surface area contributed by atoms with Crippen molar-refractivity contribution in [3.63, 3.8) is 0 Å². The second kappa shape index (κ2) is 10.8. The number of hydrogen-bond acceptors (Lipinski definition) is 9. The fraction of sp³-hybridized carbons (Fsp3) is 0.269. The van der Waals surface area contributed by atoms with Crippen LogP contribution in [0.2, 0.25) is 0 Å². The van der Waals surface area contributed by atoms with Gasteiger partial charge in [-0.25, -0.2) is 9.79 Å². The van der Waals surface area contributed by atoms with Gasteiger partial charge in [0.15, 0.2) is 27.8 Å². The van der Waals surface area contributed by atoms with Gasteiger partial charge in [-0.3, -0.25) is 9.36 Å². The smallest absolute Gasteiger partial charge is 0.338 e. The van der Waals surface area contributed by atoms with Gasteiger partial charge in [0.1, 0.15) is 0 Å². The molecule has 0 saturated heterocycles. The third-order valence-corrected chi connectivity index (χ3v) is 7.49. The van der Waals surface area contributed by atoms with Crippen LogP contribution in [0.5, 0.6) is 23.0 Å². The van der Waals surface area contributed by atoms with Crippen molar-refractivity contribution in [1.29, 1.82) is 0 Å². The van der Waals surface area contributed by atoms with E-state index in [0.29, 0.717) is 42.1 Å². The molecule has 2 heterocycles. The molecular formula is C26H25BrN2O7S. The lowest BCUT2D eigenvalue weighted by molar-refractivity contribution is -0.139. The molecule has 0 spiro atoms. The molecule has 9 nitrogen and oxygen atoms in total. The number of fused-ring (bicyclic) bond motifs is 1. The summed E-state index contributed by atoms with van der Waals surface area (Å²) in [4.78, 5) is 31.9. The summed E-state index contributed by atoms with van der Waals surface area (Å²) < 4.78 is 23.8. The predicted molar refractivity (Wildman–Crippen MR) is 142 cm³/mol. The Kier molecular flexibility index (Phi) is 7.74. The first kappa shape index (κ1) is 26.5. The molecule has 0 radical (unpaired) electrons. The third-order valence-electron chi connectivity index (χ3n) is 5.83. The van der Waals surface area contributed by atoms with E-state index in [1.54, 1.807) is 44.2 Å². The number of phenols is 1. The van der Waals surface area contributed by atoms with Crippen molar-refractivity contribution in [2.75, 3.05) is 27.9 Å². The number of benzene rings is 2. The van der Waals surface area contributed by atoms with Crippen LogP contribution in [0.25, 0.3) is 6.08 Å². The molecule has 1 aliphatic rings. The molecular weight excluding hydrogens is 564 g/mol. The van der Waals surface area contributed by atoms with Gasteiger partial charge in [0.2, 0.25) is 0 Å². The predicted octanol–water partition coefficient (Wildman–Crippen LogP) is 3.29. The van der Waals surface area contributed by atoms with Crippen molar-refractivity contribution < 1.29 is 28.8 Å². The number of methoxy groups -OCH3 is 3. The van der Waals surface area contributed by atoms with Crippen LogP contribution in [-0.4, -0.2) is 43.6 Å². The molecule has 2 aromatic carbocycles. The summed E-state index contributed by atoms with van der Waals surface area (Å²) >= 11 is 4.62. The molecule has 1 atom stereocenters. The van der Waals surface area contributed by atoms with Crippen molar-refractivity contribution in [3.05, 3.63) is 76.9 Å². The Bertz CT molecular complexity index is 1590. The maximum absolute atomic E-state index is 13.8. The molecule has 1 aromatic heterocycles. The number of hydrogen-bond donors (Lipinski definition) is 1. The first-order chi connectivity index (χ1) is 17.7. The summed E-state index contributed by atoms with van der Waals surface area (Å²) in [6.45, 7) is 3.62. The lowest BCUT2D eigenvalue weighted by Gasteiger charge is -2.25. The highest BCUT2D eigenvalue weighted by Gasteiger charge is 2.34. The summed E-state index contributed by atoms with van der Waals surface area (Å²) in [5.41, 5.74) is 1.65. The Morgan fingerprint density at radius 3 is 2.49 bits per heavy atom. The minimum Gasteiger partial charge on any atom is -0.504 e. The topological polar surface area (TPSA) is 109 Å². The van der Waals surface area contributed by atoms with Crippen LogP contribution in [0, 0.1) is 0 Å². The van der Waals surface area contributed by atoms with Gasteiger partial charge in [-0.1, -0.05) is 33.3 Å². The molecule has 4 rings (SSSR count). The van der Waals surface area contributed by atoms with E-state index in [1.807, 2.05) is 0 Å². The van der Waals surface area contributed by atoms with Crippen LogP contribution in [0.4, 0.5) is 0 Å². The number of carbonyl (C=O) groups excluding carboxylic acids is 1. The Labute approximate surface area is 225 Å². The highest BCUT2D eigenvalue weighted by atomic mass is 79.9. The van der Waals surface area contributed by atoms with Crippen LogP contribution in [0.3, 0.4) is 0 Å². The fourth-order valence-corrected chi connectivity index (χ4v) is 5.59. The van der Waals surface area contributed by atoms with E-state index in [2.05, 4.69) is 20.9 Å². The van der Waals surface area contributed by atoms with E-state index < -0.39 is 12.0 Å². The zero-order valence-corrected chi connectivity index (χ0v) is 23.2. The van der Waals surface area contributed by atoms with Crippen LogP contribution in [0.1, 0.15) is 31.0 Å². The highest BCUT2D eigenvalue weighted by molar-refractivity contribution is 9.10. The number of phenolic OH excluding ortho intramolecular Hbond substituents is 1. The summed E-state index contributed by atoms with van der Waals surface area (Å²) in [6.07, 6.45) is 1.69. The minimum absolute atomic E-state index is 0.0314. The van der Waals surface area contributed by atoms with Crippen LogP contribution in [-0.2, 0) is 9.53 Å². The van der Waals surface area contributed by atoms with Gasteiger partial charge in [-0.15, -0.1) is 0 Å². The normalized spacial score (nSPS) is 15.2. The number of ether oxygens (including phenoxy) is 4. The molecule has 194 valence electrons. The average Bonchev–Trinajstić information content (AvgIpc) is 3.18. The quantitative estimate of drug-likeness (QED) is 0.422. The fourth-order valence-electron chi connectivity index (χ4n) is 4.10. The van der Waals surface area contributed by atoms with Crippen molar-refractivity contribution >= 4 is 39.3 Å². The molecule has 37 heavy (non-hydrogen) atoms. The van der Waals surface area contributed by atoms with Gasteiger partial charge in [0.05, 0.1) is 49.8 Å². The van der Waals surface area contributed by atoms with Crippen LogP contribution >= 0.6 is 27.3 Å². The van der Waals surface area contributed by atoms with Gasteiger partial charge in [-0.05, 0) is 55.3 Å². The Morgan fingerprint density at radius 1 is 1.14 bits per heavy atom. The number of rotatable bonds is 7. The zero-order chi connectivity index (χ0) is 26.9. The van der Waals surface area contributed by atoms with Gasteiger partial charge in [0, 0.05) is 4.47 Å². The number of thiazole rings is 1. The van der Waals surface area contributed by atoms with Crippen molar-refractivity contribution in [2.24, 2.45) is 4.99 Å². The maximum atomic E-state index is 13.8. The number of nitrogens with zero attached hydrogens (tertiary/aromatic N) is 2. The molecule has 1 aliphatic heterocycles. The first-order valence-electron chi connectivity index (χ1n) is 11.2. The molecule has 0 bridgehead atoms. The summed E-state index contributed by atoms with van der Waals surface area (Å²) in [7, 11) is 4.50. The molecule has 11 heteroatoms. The number of aromatic nitrogens is 1. The number of carbonyl (C=O) groups is 1. The van der Waals surface area contributed by atoms with E-state index in [9.17, 15) is 14.7 Å². The SMILES string of the molecule is CCOC(=O)C1=C(C)N=c2sc(=Cc3cc(OC)c(O)cc3Br)c(=O)n2[C@@H]1c1ccc(OC)c(OC)c1. The monoisotopic (exact) mass is 588 g/mol. The minimum atomic E-state index is -0.796. The lowest BCUT2D eigenvalue weighted by atomic mass is 9.95. The Morgan fingerprint density at radius 2 is 1.84 bits per heavy atom. The average molecular weight is 589 g/mol. The zero-order valence-electron chi connectivity index (χ0n) is 20.8. The molecule has 0 aliphatic carbocycles. The third kappa shape index (κ3) is 4.88. The van der Waals surface area contributed by atoms with Crippen molar-refractivity contribution in [2.45, 2.75) is 19.9 Å². The van der Waals surface area contributed by atoms with E-state index in [-0.39, 0.29) is 29.2 Å². The lowest BCUT2D eigenvalue weighted by Crippen LogP contribution is -2.40. The maximum Gasteiger partial charge on any atom is 0.338 e. The van der Waals surface area contributed by atoms with Crippen LogP contribution in [0.15, 0.2) is 55.9 Å². The standard InChI is InChI=1S/C26H25BrN2O7S/c1-6-36-25(32)22-13(2)28-26-29(23(22)14-7-8-18(33-3)20(9-14)35-5)24(31)21(37-26)11-15-10-19(34-4)17(30)12-16(15)27/h7-12,23,30H,6H2,1-5H3/t23-/m1/s1. The van der Waals surface area contributed by atoms with Gasteiger partial charge in [-0.2, -0.15) is 0 Å². The van der Waals surface area contributed by atoms with E-state index in [0.717, 1.165) is 0 Å². The Hall–Kier alpha value is -3.57. The Balaban J connectivity index is 1.98. The summed E-state index contributed by atoms with van der Waals surface area (Å²) in [5, 5.41) is 10.0. The van der Waals surface area contributed by atoms with Crippen molar-refractivity contribution in [3.8, 4) is 23.0 Å². The summed E-state index contributed by atoms with van der Waals surface area (Å²) in [5.74, 6) is 0.661. The second-order valence-corrected chi connectivity index (χ2v) is 9.83. The van der Waals surface area contributed by atoms with Crippen molar-refractivity contribution in [1.82, 2.24) is 4.57 Å². The van der Waals surface area contributed by atoms with Gasteiger partial charge < -0.3 is 24.1 Å². The first-order valence-corrected chi connectivity index (χ1v) is 12.8. The molecule has 3 aromatic rings. The highest BCUT2D eigenvalue weighted by Crippen LogP contribution is 2.36.